The zero-order chi connectivity index (χ0) is 22.9. The Morgan fingerprint density at radius 3 is 2.24 bits per heavy atom. The Balaban J connectivity index is 1.41. The van der Waals surface area contributed by atoms with Crippen LogP contribution in [0.15, 0.2) is 65.1 Å². The highest BCUT2D eigenvalue weighted by Crippen LogP contribution is 2.37. The van der Waals surface area contributed by atoms with Gasteiger partial charge in [0, 0.05) is 38.1 Å². The van der Waals surface area contributed by atoms with E-state index in [1.165, 1.54) is 31.4 Å². The molecule has 1 fully saturated rings. The third-order valence-corrected chi connectivity index (χ3v) is 6.13. The highest BCUT2D eigenvalue weighted by Gasteiger charge is 2.23. The van der Waals surface area contributed by atoms with Crippen LogP contribution >= 0.6 is 0 Å². The van der Waals surface area contributed by atoms with Gasteiger partial charge in [-0.05, 0) is 42.0 Å². The second-order valence-electron chi connectivity index (χ2n) is 8.09. The molecule has 1 aliphatic rings. The number of rotatable bonds is 5. The maximum atomic E-state index is 14.4. The quantitative estimate of drug-likeness (QED) is 0.380. The molecule has 0 aliphatic carbocycles. The molecule has 4 aromatic rings. The van der Waals surface area contributed by atoms with Crippen LogP contribution in [0.25, 0.3) is 22.3 Å². The van der Waals surface area contributed by atoms with E-state index >= 15 is 0 Å². The first-order valence-electron chi connectivity index (χ1n) is 10.8. The maximum Gasteiger partial charge on any atom is 0.176 e. The van der Waals surface area contributed by atoms with Crippen LogP contribution in [-0.2, 0) is 6.54 Å². The van der Waals surface area contributed by atoms with Crippen LogP contribution in [0.3, 0.4) is 0 Å². The van der Waals surface area contributed by atoms with Crippen molar-refractivity contribution in [2.24, 2.45) is 0 Å². The van der Waals surface area contributed by atoms with Gasteiger partial charge < -0.3 is 14.1 Å². The van der Waals surface area contributed by atoms with Crippen molar-refractivity contribution < 1.29 is 22.3 Å². The van der Waals surface area contributed by atoms with Crippen LogP contribution in [0.2, 0.25) is 0 Å². The molecule has 7 heteroatoms. The number of piperazine rings is 1. The van der Waals surface area contributed by atoms with Crippen molar-refractivity contribution in [2.75, 3.05) is 38.2 Å². The van der Waals surface area contributed by atoms with Crippen LogP contribution in [0.5, 0.6) is 5.75 Å². The first-order valence-corrected chi connectivity index (χ1v) is 10.8. The van der Waals surface area contributed by atoms with Crippen LogP contribution < -0.4 is 9.64 Å². The molecule has 0 amide bonds. The standard InChI is InChI=1S/C26H23F3N2O2/c1-32-23-10-9-17(16-30-11-13-31(14-12-30)22-8-3-2-5-19(22)27)18-15-24(33-26(18)23)25-20(28)6-4-7-21(25)29/h2-10,15H,11-14,16H2,1H3. The summed E-state index contributed by atoms with van der Waals surface area (Å²) in [5, 5.41) is 0.753. The Morgan fingerprint density at radius 1 is 0.848 bits per heavy atom. The average molecular weight is 452 g/mol. The van der Waals surface area contributed by atoms with Crippen LogP contribution in [0.4, 0.5) is 18.9 Å². The minimum atomic E-state index is -0.682. The molecule has 3 aromatic carbocycles. The second kappa shape index (κ2) is 8.83. The van der Waals surface area contributed by atoms with Crippen molar-refractivity contribution >= 4 is 16.7 Å². The van der Waals surface area contributed by atoms with Gasteiger partial charge in [0.2, 0.25) is 0 Å². The van der Waals surface area contributed by atoms with Crippen LogP contribution in [-0.4, -0.2) is 38.2 Å². The third-order valence-electron chi connectivity index (χ3n) is 6.13. The Morgan fingerprint density at radius 2 is 1.55 bits per heavy atom. The molecule has 0 unspecified atom stereocenters. The van der Waals surface area contributed by atoms with Crippen molar-refractivity contribution in [1.82, 2.24) is 4.90 Å². The van der Waals surface area contributed by atoms with E-state index in [0.29, 0.717) is 36.7 Å². The summed E-state index contributed by atoms with van der Waals surface area (Å²) in [6, 6.07) is 16.0. The van der Waals surface area contributed by atoms with E-state index in [-0.39, 0.29) is 17.1 Å². The minimum Gasteiger partial charge on any atom is -0.493 e. The molecule has 0 bridgehead atoms. The number of para-hydroxylation sites is 1. The van der Waals surface area contributed by atoms with Gasteiger partial charge in [-0.25, -0.2) is 13.2 Å². The lowest BCUT2D eigenvalue weighted by atomic mass is 10.1. The fourth-order valence-corrected chi connectivity index (χ4v) is 4.41. The summed E-state index contributed by atoms with van der Waals surface area (Å²) < 4.78 is 54.1. The SMILES string of the molecule is COc1ccc(CN2CCN(c3ccccc3F)CC2)c2cc(-c3c(F)cccc3F)oc12. The predicted octanol–water partition coefficient (Wildman–Crippen LogP) is 5.85. The van der Waals surface area contributed by atoms with E-state index in [9.17, 15) is 13.2 Å². The normalized spacial score (nSPS) is 14.7. The van der Waals surface area contributed by atoms with Crippen molar-refractivity contribution in [3.63, 3.8) is 0 Å². The summed E-state index contributed by atoms with van der Waals surface area (Å²) in [6.45, 7) is 3.56. The van der Waals surface area contributed by atoms with Gasteiger partial charge in [0.05, 0.1) is 18.4 Å². The van der Waals surface area contributed by atoms with E-state index in [1.807, 2.05) is 17.0 Å². The van der Waals surface area contributed by atoms with E-state index in [4.69, 9.17) is 9.15 Å². The van der Waals surface area contributed by atoms with Crippen molar-refractivity contribution in [2.45, 2.75) is 6.54 Å². The van der Waals surface area contributed by atoms with Crippen LogP contribution in [0.1, 0.15) is 5.56 Å². The van der Waals surface area contributed by atoms with Crippen molar-refractivity contribution in [3.05, 3.63) is 83.7 Å². The summed E-state index contributed by atoms with van der Waals surface area (Å²) >= 11 is 0. The van der Waals surface area contributed by atoms with Gasteiger partial charge in [-0.2, -0.15) is 0 Å². The lowest BCUT2D eigenvalue weighted by molar-refractivity contribution is 0.250. The molecule has 33 heavy (non-hydrogen) atoms. The molecule has 0 spiro atoms. The largest absolute Gasteiger partial charge is 0.493 e. The van der Waals surface area contributed by atoms with Gasteiger partial charge in [0.15, 0.2) is 11.3 Å². The highest BCUT2D eigenvalue weighted by atomic mass is 19.1. The molecule has 0 saturated carbocycles. The Kier molecular flexibility index (Phi) is 5.72. The molecular formula is C26H23F3N2O2. The molecule has 4 nitrogen and oxygen atoms in total. The third kappa shape index (κ3) is 4.04. The number of hydrogen-bond donors (Lipinski definition) is 0. The fraction of sp³-hybridized carbons (Fsp3) is 0.231. The molecule has 170 valence electrons. The molecule has 2 heterocycles. The number of halogens is 3. The summed E-state index contributed by atoms with van der Waals surface area (Å²) in [4.78, 5) is 4.32. The molecule has 0 N–H and O–H groups in total. The number of benzene rings is 3. The molecule has 0 atom stereocenters. The zero-order valence-corrected chi connectivity index (χ0v) is 18.2. The number of anilines is 1. The number of hydrogen-bond acceptors (Lipinski definition) is 4. The number of fused-ring (bicyclic) bond motifs is 1. The Hall–Kier alpha value is -3.45. The lowest BCUT2D eigenvalue weighted by Crippen LogP contribution is -2.46. The van der Waals surface area contributed by atoms with Gasteiger partial charge in [-0.15, -0.1) is 0 Å². The van der Waals surface area contributed by atoms with Gasteiger partial charge >= 0.3 is 0 Å². The fourth-order valence-electron chi connectivity index (χ4n) is 4.41. The molecule has 1 saturated heterocycles. The van der Waals surface area contributed by atoms with Gasteiger partial charge in [-0.1, -0.05) is 24.3 Å². The van der Waals surface area contributed by atoms with E-state index in [0.717, 1.165) is 24.0 Å². The van der Waals surface area contributed by atoms with Gasteiger partial charge in [0.25, 0.3) is 0 Å². The van der Waals surface area contributed by atoms with E-state index < -0.39 is 11.6 Å². The first kappa shape index (κ1) is 21.4. The summed E-state index contributed by atoms with van der Waals surface area (Å²) in [6.07, 6.45) is 0. The molecular weight excluding hydrogens is 429 g/mol. The van der Waals surface area contributed by atoms with Gasteiger partial charge in [-0.3, -0.25) is 4.90 Å². The van der Waals surface area contributed by atoms with Crippen LogP contribution in [0, 0.1) is 17.5 Å². The molecule has 5 rings (SSSR count). The van der Waals surface area contributed by atoms with Crippen molar-refractivity contribution in [1.29, 1.82) is 0 Å². The minimum absolute atomic E-state index is 0.121. The van der Waals surface area contributed by atoms with E-state index in [1.54, 1.807) is 24.3 Å². The summed E-state index contributed by atoms with van der Waals surface area (Å²) in [7, 11) is 1.53. The number of furan rings is 1. The highest BCUT2D eigenvalue weighted by molar-refractivity contribution is 5.90. The Labute approximate surface area is 189 Å². The van der Waals surface area contributed by atoms with E-state index in [2.05, 4.69) is 4.90 Å². The number of ether oxygens (including phenoxy) is 1. The average Bonchev–Trinajstić information content (AvgIpc) is 3.25. The van der Waals surface area contributed by atoms with Crippen molar-refractivity contribution in [3.8, 4) is 17.1 Å². The number of methoxy groups -OCH3 is 1. The predicted molar refractivity (Wildman–Crippen MR) is 122 cm³/mol. The topological polar surface area (TPSA) is 28.9 Å². The molecule has 0 radical (unpaired) electrons. The first-order chi connectivity index (χ1) is 16.0. The molecule has 1 aromatic heterocycles. The number of nitrogens with zero attached hydrogens (tertiary/aromatic N) is 2. The zero-order valence-electron chi connectivity index (χ0n) is 18.2. The maximum absolute atomic E-state index is 14.4. The Bertz CT molecular complexity index is 1280. The summed E-state index contributed by atoms with van der Waals surface area (Å²) in [5.41, 5.74) is 1.85. The van der Waals surface area contributed by atoms with Gasteiger partial charge in [0.1, 0.15) is 23.2 Å². The molecule has 1 aliphatic heterocycles. The summed E-state index contributed by atoms with van der Waals surface area (Å²) in [5.74, 6) is -0.955. The smallest absolute Gasteiger partial charge is 0.176 e. The monoisotopic (exact) mass is 452 g/mol. The second-order valence-corrected chi connectivity index (χ2v) is 8.09. The lowest BCUT2D eigenvalue weighted by Gasteiger charge is -2.36.